The third kappa shape index (κ3) is 5.84. The van der Waals surface area contributed by atoms with Crippen molar-refractivity contribution in [2.75, 3.05) is 11.9 Å². The number of halogens is 4. The third-order valence-corrected chi connectivity index (χ3v) is 9.51. The zero-order valence-electron chi connectivity index (χ0n) is 20.6. The zero-order chi connectivity index (χ0) is 28.0. The van der Waals surface area contributed by atoms with Gasteiger partial charge in [-0.3, -0.25) is 9.78 Å². The van der Waals surface area contributed by atoms with Gasteiger partial charge < -0.3 is 14.5 Å². The molecule has 2 N–H and O–H groups in total. The predicted molar refractivity (Wildman–Crippen MR) is 143 cm³/mol. The number of anilines is 1. The maximum absolute atomic E-state index is 13.2. The van der Waals surface area contributed by atoms with Crippen molar-refractivity contribution in [3.8, 4) is 10.6 Å². The summed E-state index contributed by atoms with van der Waals surface area (Å²) in [6.07, 6.45) is -1.27. The lowest BCUT2D eigenvalue weighted by Gasteiger charge is -2.20. The van der Waals surface area contributed by atoms with Crippen molar-refractivity contribution in [1.29, 1.82) is 0 Å². The first-order valence-corrected chi connectivity index (χ1v) is 13.8. The van der Waals surface area contributed by atoms with Crippen LogP contribution in [0.2, 0.25) is 0 Å². The monoisotopic (exact) mass is 614 g/mol. The summed E-state index contributed by atoms with van der Waals surface area (Å²) in [5.74, 6) is -3.26. The Morgan fingerprint density at radius 2 is 2.00 bits per heavy atom. The second kappa shape index (κ2) is 10.8. The molecule has 5 rings (SSSR count). The van der Waals surface area contributed by atoms with Crippen LogP contribution < -0.4 is 9.62 Å². The average Bonchev–Trinajstić information content (AvgIpc) is 3.24. The van der Waals surface area contributed by atoms with Crippen molar-refractivity contribution in [2.45, 2.75) is 34.8 Å². The van der Waals surface area contributed by atoms with Crippen molar-refractivity contribution in [3.05, 3.63) is 83.9 Å². The molecule has 0 aliphatic heterocycles. The van der Waals surface area contributed by atoms with Crippen LogP contribution in [0, 0.1) is 0 Å². The van der Waals surface area contributed by atoms with Gasteiger partial charge in [-0.05, 0) is 47.9 Å². The van der Waals surface area contributed by atoms with Gasteiger partial charge in [-0.25, -0.2) is 8.42 Å². The van der Waals surface area contributed by atoms with E-state index < -0.39 is 39.4 Å². The number of carboxylic acid groups (broad SMARTS) is 1. The number of carboxylic acids is 1. The van der Waals surface area contributed by atoms with Gasteiger partial charge >= 0.3 is 12.1 Å². The Bertz CT molecular complexity index is 1630. The molecule has 1 saturated carbocycles. The Labute approximate surface area is 237 Å². The Kier molecular flexibility index (Phi) is 8.00. The van der Waals surface area contributed by atoms with Gasteiger partial charge in [-0.1, -0.05) is 23.4 Å². The summed E-state index contributed by atoms with van der Waals surface area (Å²) < 4.78 is 71.2. The smallest absolute Gasteiger partial charge is 0.452 e. The third-order valence-electron chi connectivity index (χ3n) is 6.40. The molecule has 3 aromatic heterocycles. The molecule has 2 atom stereocenters. The number of rotatable bonds is 9. The minimum Gasteiger partial charge on any atom is -0.480 e. The summed E-state index contributed by atoms with van der Waals surface area (Å²) in [4.78, 5) is 18.5. The lowest BCUT2D eigenvalue weighted by molar-refractivity contribution is -0.155. The highest BCUT2D eigenvalue weighted by Crippen LogP contribution is 2.53. The molecule has 9 nitrogen and oxygen atoms in total. The van der Waals surface area contributed by atoms with Crippen LogP contribution in [-0.4, -0.2) is 42.2 Å². The fourth-order valence-corrected chi connectivity index (χ4v) is 6.97. The van der Waals surface area contributed by atoms with Crippen molar-refractivity contribution < 1.29 is 36.0 Å². The number of aromatic nitrogens is 2. The molecule has 1 aliphatic rings. The Balaban J connectivity index is 0.00000370. The molecule has 0 radical (unpaired) electrons. The van der Waals surface area contributed by atoms with E-state index in [4.69, 9.17) is 0 Å². The van der Waals surface area contributed by atoms with E-state index in [0.29, 0.717) is 29.5 Å². The van der Waals surface area contributed by atoms with Gasteiger partial charge in [0.05, 0.1) is 4.88 Å². The number of thiophene rings is 1. The van der Waals surface area contributed by atoms with Crippen LogP contribution >= 0.6 is 23.7 Å². The van der Waals surface area contributed by atoms with Gasteiger partial charge in [-0.15, -0.1) is 23.7 Å². The van der Waals surface area contributed by atoms with E-state index in [0.717, 1.165) is 11.3 Å². The highest BCUT2D eigenvalue weighted by Gasteiger charge is 2.63. The normalized spacial score (nSPS) is 18.6. The summed E-state index contributed by atoms with van der Waals surface area (Å²) >= 11 is 0.656. The van der Waals surface area contributed by atoms with Crippen LogP contribution in [0.25, 0.3) is 10.6 Å². The summed E-state index contributed by atoms with van der Waals surface area (Å²) in [6, 6.07) is 14.1. The first kappa shape index (κ1) is 29.5. The number of nitrogens with zero attached hydrogens (tertiary/aromatic N) is 3. The molecule has 0 spiro atoms. The van der Waals surface area contributed by atoms with Gasteiger partial charge in [0.15, 0.2) is 0 Å². The number of benzene rings is 1. The lowest BCUT2D eigenvalue weighted by Crippen LogP contribution is -2.44. The van der Waals surface area contributed by atoms with Gasteiger partial charge in [-0.2, -0.15) is 17.9 Å². The molecule has 0 amide bonds. The second-order valence-corrected chi connectivity index (χ2v) is 12.1. The van der Waals surface area contributed by atoms with Crippen LogP contribution in [-0.2, 0) is 27.5 Å². The van der Waals surface area contributed by atoms with E-state index in [1.807, 2.05) is 36.2 Å². The van der Waals surface area contributed by atoms with E-state index in [2.05, 4.69) is 19.4 Å². The Morgan fingerprint density at radius 1 is 1.23 bits per heavy atom. The van der Waals surface area contributed by atoms with E-state index in [9.17, 15) is 31.5 Å². The van der Waals surface area contributed by atoms with Crippen molar-refractivity contribution >= 4 is 45.4 Å². The zero-order valence-corrected chi connectivity index (χ0v) is 23.1. The molecule has 0 saturated heterocycles. The van der Waals surface area contributed by atoms with Gasteiger partial charge in [0.2, 0.25) is 5.76 Å². The van der Waals surface area contributed by atoms with Gasteiger partial charge in [0, 0.05) is 43.7 Å². The minimum atomic E-state index is -4.74. The number of hydrogen-bond donors (Lipinski definition) is 2. The standard InChI is InChI=1S/C25H21F3N4O5S2.ClH/c1-32(14-15-4-3-9-29-13-15)17-6-2-5-16(10-17)18-12-24(18,23(33)34)31-39(35,36)22-8-7-20(38-22)19-11-21(37-30-19)25(26,27)28;/h2-11,13,18,31H,12,14H2,1H3,(H,33,34);1H. The highest BCUT2D eigenvalue weighted by atomic mass is 35.5. The fraction of sp³-hybridized carbons (Fsp3) is 0.240. The number of pyridine rings is 1. The number of carbonyl (C=O) groups is 1. The van der Waals surface area contributed by atoms with Crippen LogP contribution in [0.15, 0.2) is 75.7 Å². The molecule has 3 heterocycles. The topological polar surface area (TPSA) is 126 Å². The number of alkyl halides is 3. The molecule has 1 aromatic carbocycles. The number of nitrogens with one attached hydrogen (secondary N) is 1. The van der Waals surface area contributed by atoms with Crippen molar-refractivity contribution in [2.24, 2.45) is 0 Å². The molecule has 0 bridgehead atoms. The average molecular weight is 615 g/mol. The molecular formula is C25H22ClF3N4O5S2. The Hall–Kier alpha value is -3.46. The molecule has 1 fully saturated rings. The quantitative estimate of drug-likeness (QED) is 0.265. The minimum absolute atomic E-state index is 0. The van der Waals surface area contributed by atoms with Crippen LogP contribution in [0.4, 0.5) is 18.9 Å². The van der Waals surface area contributed by atoms with Crippen molar-refractivity contribution in [3.63, 3.8) is 0 Å². The summed E-state index contributed by atoms with van der Waals surface area (Å²) in [5, 5.41) is 13.4. The predicted octanol–water partition coefficient (Wildman–Crippen LogP) is 5.16. The molecule has 2 unspecified atom stereocenters. The van der Waals surface area contributed by atoms with Crippen LogP contribution in [0.5, 0.6) is 0 Å². The maximum atomic E-state index is 13.2. The summed E-state index contributed by atoms with van der Waals surface area (Å²) in [6.45, 7) is 0.565. The number of sulfonamides is 1. The van der Waals surface area contributed by atoms with E-state index in [1.54, 1.807) is 24.5 Å². The number of aliphatic carboxylic acids is 1. The fourth-order valence-electron chi connectivity index (χ4n) is 4.31. The van der Waals surface area contributed by atoms with E-state index in [1.165, 1.54) is 12.1 Å². The van der Waals surface area contributed by atoms with Crippen LogP contribution in [0.1, 0.15) is 29.2 Å². The molecular weight excluding hydrogens is 593 g/mol. The largest absolute Gasteiger partial charge is 0.480 e. The van der Waals surface area contributed by atoms with Gasteiger partial charge in [0.25, 0.3) is 10.0 Å². The molecule has 212 valence electrons. The molecule has 40 heavy (non-hydrogen) atoms. The summed E-state index contributed by atoms with van der Waals surface area (Å²) in [7, 11) is -2.45. The molecule has 15 heteroatoms. The van der Waals surface area contributed by atoms with Crippen LogP contribution in [0.3, 0.4) is 0 Å². The SMILES string of the molecule is CN(Cc1cccnc1)c1cccc(C2CC2(NS(=O)(=O)c2ccc(-c3cc(C(F)(F)F)on3)s2)C(=O)O)c1.Cl. The van der Waals surface area contributed by atoms with Gasteiger partial charge in [0.1, 0.15) is 15.4 Å². The first-order valence-electron chi connectivity index (χ1n) is 11.5. The second-order valence-electron chi connectivity index (χ2n) is 9.14. The van der Waals surface area contributed by atoms with E-state index >= 15 is 0 Å². The first-order chi connectivity index (χ1) is 18.4. The molecule has 1 aliphatic carbocycles. The maximum Gasteiger partial charge on any atom is 0.452 e. The lowest BCUT2D eigenvalue weighted by atomic mass is 10.1. The van der Waals surface area contributed by atoms with Crippen molar-refractivity contribution in [1.82, 2.24) is 14.9 Å². The summed E-state index contributed by atoms with van der Waals surface area (Å²) in [5.41, 5.74) is 0.517. The number of hydrogen-bond acceptors (Lipinski definition) is 8. The van der Waals surface area contributed by atoms with E-state index in [-0.39, 0.29) is 33.6 Å². The Morgan fingerprint density at radius 3 is 2.65 bits per heavy atom. The highest BCUT2D eigenvalue weighted by molar-refractivity contribution is 7.91. The molecule has 4 aromatic rings.